The van der Waals surface area contributed by atoms with Gasteiger partial charge in [-0.1, -0.05) is 44.2 Å². The summed E-state index contributed by atoms with van der Waals surface area (Å²) in [7, 11) is 0. The number of hydrogen-bond acceptors (Lipinski definition) is 5. The second-order valence-corrected chi connectivity index (χ2v) is 6.30. The van der Waals surface area contributed by atoms with E-state index in [9.17, 15) is 0 Å². The molecule has 0 saturated heterocycles. The van der Waals surface area contributed by atoms with Crippen LogP contribution in [-0.2, 0) is 0 Å². The van der Waals surface area contributed by atoms with Crippen molar-refractivity contribution in [3.05, 3.63) is 60.9 Å². The Kier molecular flexibility index (Phi) is 5.57. The molecule has 0 aliphatic carbocycles. The van der Waals surface area contributed by atoms with Gasteiger partial charge in [0.2, 0.25) is 0 Å². The van der Waals surface area contributed by atoms with Crippen molar-refractivity contribution >= 4 is 17.3 Å². The average molecular weight is 333 g/mol. The lowest BCUT2D eigenvalue weighted by atomic mass is 10.1. The highest BCUT2D eigenvalue weighted by Crippen LogP contribution is 2.22. The van der Waals surface area contributed by atoms with Crippen molar-refractivity contribution in [1.29, 1.82) is 0 Å². The molecule has 128 valence electrons. The van der Waals surface area contributed by atoms with Crippen LogP contribution >= 0.6 is 0 Å². The molecule has 0 radical (unpaired) electrons. The molecule has 0 saturated carbocycles. The summed E-state index contributed by atoms with van der Waals surface area (Å²) in [6, 6.07) is 15.8. The first-order chi connectivity index (χ1) is 12.2. The van der Waals surface area contributed by atoms with E-state index in [1.165, 1.54) is 0 Å². The quantitative estimate of drug-likeness (QED) is 0.654. The van der Waals surface area contributed by atoms with Gasteiger partial charge in [-0.2, -0.15) is 0 Å². The van der Waals surface area contributed by atoms with Crippen LogP contribution < -0.4 is 10.6 Å². The Morgan fingerprint density at radius 1 is 0.920 bits per heavy atom. The van der Waals surface area contributed by atoms with Crippen LogP contribution in [0.1, 0.15) is 20.3 Å². The first-order valence-corrected chi connectivity index (χ1v) is 8.56. The first-order valence-electron chi connectivity index (χ1n) is 8.56. The molecule has 5 nitrogen and oxygen atoms in total. The van der Waals surface area contributed by atoms with E-state index in [0.717, 1.165) is 35.9 Å². The molecule has 0 amide bonds. The summed E-state index contributed by atoms with van der Waals surface area (Å²) in [6.07, 6.45) is 4.60. The maximum absolute atomic E-state index is 4.67. The van der Waals surface area contributed by atoms with Crippen LogP contribution in [-0.4, -0.2) is 21.5 Å². The summed E-state index contributed by atoms with van der Waals surface area (Å²) in [5, 5.41) is 6.73. The summed E-state index contributed by atoms with van der Waals surface area (Å²) in [5.74, 6) is 2.93. The highest BCUT2D eigenvalue weighted by atomic mass is 15.1. The third-order valence-corrected chi connectivity index (χ3v) is 3.74. The van der Waals surface area contributed by atoms with Crippen molar-refractivity contribution in [3.63, 3.8) is 0 Å². The maximum atomic E-state index is 4.67. The Morgan fingerprint density at radius 2 is 1.64 bits per heavy atom. The van der Waals surface area contributed by atoms with E-state index in [1.54, 1.807) is 12.4 Å². The fourth-order valence-electron chi connectivity index (χ4n) is 2.39. The van der Waals surface area contributed by atoms with Crippen molar-refractivity contribution in [3.8, 4) is 11.4 Å². The summed E-state index contributed by atoms with van der Waals surface area (Å²) in [4.78, 5) is 13.4. The van der Waals surface area contributed by atoms with Gasteiger partial charge in [0.05, 0.1) is 0 Å². The molecule has 3 rings (SSSR count). The van der Waals surface area contributed by atoms with E-state index >= 15 is 0 Å². The van der Waals surface area contributed by atoms with Gasteiger partial charge in [-0.15, -0.1) is 0 Å². The molecule has 0 aliphatic rings. The topological polar surface area (TPSA) is 62.7 Å². The van der Waals surface area contributed by atoms with E-state index < -0.39 is 0 Å². The standard InChI is InChI=1S/C20H23N5/c1-15(2)8-13-22-18-14-19(23-17-9-11-21-12-10-17)25-20(24-18)16-6-4-3-5-7-16/h3-7,9-12,14-15H,8,13H2,1-2H3,(H2,21,22,23,24,25). The van der Waals surface area contributed by atoms with Gasteiger partial charge < -0.3 is 10.6 Å². The minimum atomic E-state index is 0.650. The Bertz CT molecular complexity index is 788. The summed E-state index contributed by atoms with van der Waals surface area (Å²) in [6.45, 7) is 5.32. The highest BCUT2D eigenvalue weighted by Gasteiger charge is 2.07. The molecule has 2 aromatic heterocycles. The van der Waals surface area contributed by atoms with Crippen LogP contribution in [0.3, 0.4) is 0 Å². The zero-order valence-electron chi connectivity index (χ0n) is 14.6. The van der Waals surface area contributed by atoms with E-state index in [4.69, 9.17) is 0 Å². The van der Waals surface area contributed by atoms with Crippen molar-refractivity contribution in [1.82, 2.24) is 15.0 Å². The molecular weight excluding hydrogens is 310 g/mol. The molecule has 2 heterocycles. The fourth-order valence-corrected chi connectivity index (χ4v) is 2.39. The van der Waals surface area contributed by atoms with Gasteiger partial charge in [0, 0.05) is 36.3 Å². The Balaban J connectivity index is 1.87. The first kappa shape index (κ1) is 16.9. The smallest absolute Gasteiger partial charge is 0.163 e. The van der Waals surface area contributed by atoms with Crippen molar-refractivity contribution in [2.75, 3.05) is 17.2 Å². The number of aromatic nitrogens is 3. The molecular formula is C20H23N5. The molecule has 0 fully saturated rings. The Labute approximate surface area is 148 Å². The van der Waals surface area contributed by atoms with Gasteiger partial charge >= 0.3 is 0 Å². The van der Waals surface area contributed by atoms with Crippen LogP contribution in [0.15, 0.2) is 60.9 Å². The molecule has 0 spiro atoms. The van der Waals surface area contributed by atoms with Crippen LogP contribution in [0.4, 0.5) is 17.3 Å². The number of hydrogen-bond donors (Lipinski definition) is 2. The van der Waals surface area contributed by atoms with Crippen LogP contribution in [0.25, 0.3) is 11.4 Å². The number of rotatable bonds is 7. The average Bonchev–Trinajstić information content (AvgIpc) is 2.63. The van der Waals surface area contributed by atoms with E-state index in [-0.39, 0.29) is 0 Å². The van der Waals surface area contributed by atoms with E-state index in [0.29, 0.717) is 11.7 Å². The molecule has 3 aromatic rings. The predicted octanol–water partition coefficient (Wildman–Crippen LogP) is 4.74. The summed E-state index contributed by atoms with van der Waals surface area (Å²) < 4.78 is 0. The number of anilines is 3. The summed E-state index contributed by atoms with van der Waals surface area (Å²) >= 11 is 0. The monoisotopic (exact) mass is 333 g/mol. The van der Waals surface area contributed by atoms with Gasteiger partial charge in [0.1, 0.15) is 11.6 Å². The van der Waals surface area contributed by atoms with Gasteiger partial charge in [-0.05, 0) is 24.5 Å². The Morgan fingerprint density at radius 3 is 2.36 bits per heavy atom. The molecule has 25 heavy (non-hydrogen) atoms. The lowest BCUT2D eigenvalue weighted by Gasteiger charge is -2.12. The fraction of sp³-hybridized carbons (Fsp3) is 0.250. The normalized spacial score (nSPS) is 10.7. The molecule has 2 N–H and O–H groups in total. The third-order valence-electron chi connectivity index (χ3n) is 3.74. The van der Waals surface area contributed by atoms with Gasteiger partial charge in [-0.25, -0.2) is 9.97 Å². The molecule has 0 bridgehead atoms. The molecule has 0 unspecified atom stereocenters. The van der Waals surface area contributed by atoms with Crippen molar-refractivity contribution < 1.29 is 0 Å². The lowest BCUT2D eigenvalue weighted by Crippen LogP contribution is -2.08. The number of nitrogens with zero attached hydrogens (tertiary/aromatic N) is 3. The zero-order valence-corrected chi connectivity index (χ0v) is 14.6. The third kappa shape index (κ3) is 5.01. The molecule has 5 heteroatoms. The predicted molar refractivity (Wildman–Crippen MR) is 103 cm³/mol. The largest absolute Gasteiger partial charge is 0.370 e. The van der Waals surface area contributed by atoms with Crippen molar-refractivity contribution in [2.24, 2.45) is 5.92 Å². The molecule has 1 aromatic carbocycles. The van der Waals surface area contributed by atoms with Gasteiger partial charge in [0.15, 0.2) is 5.82 Å². The number of nitrogens with one attached hydrogen (secondary N) is 2. The van der Waals surface area contributed by atoms with Gasteiger partial charge in [0.25, 0.3) is 0 Å². The van der Waals surface area contributed by atoms with E-state index in [2.05, 4.69) is 39.4 Å². The Hall–Kier alpha value is -2.95. The lowest BCUT2D eigenvalue weighted by molar-refractivity contribution is 0.606. The van der Waals surface area contributed by atoms with Gasteiger partial charge in [-0.3, -0.25) is 4.98 Å². The number of pyridine rings is 1. The second kappa shape index (κ2) is 8.24. The second-order valence-electron chi connectivity index (χ2n) is 6.30. The van der Waals surface area contributed by atoms with E-state index in [1.807, 2.05) is 48.5 Å². The zero-order chi connectivity index (χ0) is 17.5. The van der Waals surface area contributed by atoms with Crippen LogP contribution in [0, 0.1) is 5.92 Å². The molecule has 0 aliphatic heterocycles. The minimum Gasteiger partial charge on any atom is -0.370 e. The van der Waals surface area contributed by atoms with Crippen LogP contribution in [0.5, 0.6) is 0 Å². The summed E-state index contributed by atoms with van der Waals surface area (Å²) in [5.41, 5.74) is 1.94. The minimum absolute atomic E-state index is 0.650. The van der Waals surface area contributed by atoms with Crippen LogP contribution in [0.2, 0.25) is 0 Å². The maximum Gasteiger partial charge on any atom is 0.163 e. The highest BCUT2D eigenvalue weighted by molar-refractivity contribution is 5.64. The van der Waals surface area contributed by atoms with Crippen molar-refractivity contribution in [2.45, 2.75) is 20.3 Å². The number of benzene rings is 1. The molecule has 0 atom stereocenters. The SMILES string of the molecule is CC(C)CCNc1cc(Nc2ccncc2)nc(-c2ccccc2)n1.